The fourth-order valence-corrected chi connectivity index (χ4v) is 3.29. The number of nitrogens with zero attached hydrogens (tertiary/aromatic N) is 3. The number of aryl methyl sites for hydroxylation is 2. The number of furan rings is 1. The van der Waals surface area contributed by atoms with Crippen LogP contribution in [0.4, 0.5) is 5.69 Å². The first kappa shape index (κ1) is 17.4. The monoisotopic (exact) mass is 353 g/mol. The Bertz CT molecular complexity index is 930. The molecule has 0 N–H and O–H groups in total. The molecule has 3 rings (SSSR count). The van der Waals surface area contributed by atoms with Crippen molar-refractivity contribution in [3.63, 3.8) is 0 Å². The number of rotatable bonds is 5. The smallest absolute Gasteiger partial charge is 0.211 e. The van der Waals surface area contributed by atoms with Gasteiger partial charge in [0.1, 0.15) is 5.69 Å². The third-order valence-corrected chi connectivity index (χ3v) is 4.62. The van der Waals surface area contributed by atoms with Crippen LogP contribution < -0.4 is 4.80 Å². The molecule has 3 aromatic rings. The zero-order valence-electron chi connectivity index (χ0n) is 15.1. The highest BCUT2D eigenvalue weighted by atomic mass is 32.1. The Hall–Kier alpha value is -2.40. The van der Waals surface area contributed by atoms with Crippen molar-refractivity contribution in [2.45, 2.75) is 34.1 Å². The fourth-order valence-electron chi connectivity index (χ4n) is 2.46. The van der Waals surface area contributed by atoms with Gasteiger partial charge in [0, 0.05) is 11.6 Å². The van der Waals surface area contributed by atoms with Crippen molar-refractivity contribution in [2.75, 3.05) is 0 Å². The summed E-state index contributed by atoms with van der Waals surface area (Å²) in [5.74, 6) is 1.36. The highest BCUT2D eigenvalue weighted by molar-refractivity contribution is 7.07. The molecule has 0 radical (unpaired) electrons. The number of aromatic nitrogens is 1. The lowest BCUT2D eigenvalue weighted by Gasteiger charge is -2.03. The second kappa shape index (κ2) is 7.66. The van der Waals surface area contributed by atoms with E-state index in [1.165, 1.54) is 5.56 Å². The normalized spacial score (nSPS) is 12.6. The number of hydrogen-bond donors (Lipinski definition) is 0. The van der Waals surface area contributed by atoms with Crippen molar-refractivity contribution < 1.29 is 4.42 Å². The van der Waals surface area contributed by atoms with Crippen molar-refractivity contribution in [1.29, 1.82) is 0 Å². The molecule has 0 saturated heterocycles. The number of benzene rings is 1. The minimum absolute atomic E-state index is 0.565. The van der Waals surface area contributed by atoms with Crippen molar-refractivity contribution in [3.8, 4) is 11.5 Å². The van der Waals surface area contributed by atoms with E-state index in [2.05, 4.69) is 51.0 Å². The van der Waals surface area contributed by atoms with Gasteiger partial charge >= 0.3 is 0 Å². The average molecular weight is 353 g/mol. The molecule has 0 unspecified atom stereocenters. The Balaban J connectivity index is 2.09. The first-order valence-electron chi connectivity index (χ1n) is 8.44. The first-order chi connectivity index (χ1) is 12.0. The molecule has 0 saturated carbocycles. The van der Waals surface area contributed by atoms with Gasteiger partial charge in [-0.1, -0.05) is 31.5 Å². The second-order valence-electron chi connectivity index (χ2n) is 6.52. The van der Waals surface area contributed by atoms with Crippen LogP contribution in [0.5, 0.6) is 0 Å². The van der Waals surface area contributed by atoms with E-state index in [1.807, 2.05) is 28.4 Å². The molecule has 0 aliphatic rings. The van der Waals surface area contributed by atoms with Crippen LogP contribution in [0.3, 0.4) is 0 Å². The minimum Gasteiger partial charge on any atom is -0.463 e. The Labute approximate surface area is 152 Å². The lowest BCUT2D eigenvalue weighted by Crippen LogP contribution is -2.11. The van der Waals surface area contributed by atoms with Gasteiger partial charge in [-0.25, -0.2) is 9.67 Å². The van der Waals surface area contributed by atoms with Crippen LogP contribution >= 0.6 is 11.3 Å². The average Bonchev–Trinajstić information content (AvgIpc) is 3.20. The molecular weight excluding hydrogens is 330 g/mol. The quantitative estimate of drug-likeness (QED) is 0.555. The topological polar surface area (TPSA) is 42.8 Å². The highest BCUT2D eigenvalue weighted by Gasteiger charge is 2.10. The Morgan fingerprint density at radius 3 is 2.76 bits per heavy atom. The van der Waals surface area contributed by atoms with Crippen LogP contribution in [0.2, 0.25) is 0 Å². The zero-order chi connectivity index (χ0) is 17.8. The predicted molar refractivity (Wildman–Crippen MR) is 104 cm³/mol. The van der Waals surface area contributed by atoms with E-state index >= 15 is 0 Å². The Kier molecular flexibility index (Phi) is 5.34. The molecule has 1 aromatic carbocycles. The third-order valence-electron chi connectivity index (χ3n) is 3.80. The van der Waals surface area contributed by atoms with Crippen molar-refractivity contribution >= 4 is 23.2 Å². The summed E-state index contributed by atoms with van der Waals surface area (Å²) >= 11 is 1.56. The van der Waals surface area contributed by atoms with E-state index in [-0.39, 0.29) is 0 Å². The van der Waals surface area contributed by atoms with E-state index in [0.29, 0.717) is 5.92 Å². The molecule has 4 nitrogen and oxygen atoms in total. The maximum absolute atomic E-state index is 5.56. The number of hydrogen-bond acceptors (Lipinski definition) is 4. The van der Waals surface area contributed by atoms with Gasteiger partial charge in [-0.05, 0) is 49.9 Å². The summed E-state index contributed by atoms with van der Waals surface area (Å²) in [5, 5.41) is 6.69. The summed E-state index contributed by atoms with van der Waals surface area (Å²) < 4.78 is 7.43. The molecule has 130 valence electrons. The Morgan fingerprint density at radius 1 is 1.24 bits per heavy atom. The van der Waals surface area contributed by atoms with Crippen LogP contribution in [0, 0.1) is 19.8 Å². The summed E-state index contributed by atoms with van der Waals surface area (Å²) in [7, 11) is 0. The largest absolute Gasteiger partial charge is 0.463 e. The van der Waals surface area contributed by atoms with E-state index in [1.54, 1.807) is 17.6 Å². The van der Waals surface area contributed by atoms with Gasteiger partial charge in [0.2, 0.25) is 4.80 Å². The summed E-state index contributed by atoms with van der Waals surface area (Å²) in [5.41, 5.74) is 4.28. The van der Waals surface area contributed by atoms with Gasteiger partial charge in [0.25, 0.3) is 0 Å². The third kappa shape index (κ3) is 4.17. The molecule has 2 aromatic heterocycles. The van der Waals surface area contributed by atoms with Crippen LogP contribution in [-0.4, -0.2) is 10.9 Å². The molecule has 25 heavy (non-hydrogen) atoms. The summed E-state index contributed by atoms with van der Waals surface area (Å²) in [6, 6.07) is 10.1. The standard InChI is InChI=1S/C20H23N3OS/c1-14(2)9-10-21-23-18(19-6-5-11-24-19)13-25-20(23)22-17-8-7-15(3)12-16(17)4/h5-8,10-14H,9H2,1-4H3. The molecule has 0 fully saturated rings. The van der Waals surface area contributed by atoms with Crippen LogP contribution in [-0.2, 0) is 0 Å². The lowest BCUT2D eigenvalue weighted by atomic mass is 10.1. The summed E-state index contributed by atoms with van der Waals surface area (Å²) in [4.78, 5) is 5.67. The molecule has 0 aliphatic carbocycles. The molecule has 0 bridgehead atoms. The predicted octanol–water partition coefficient (Wildman–Crippen LogP) is 5.54. The van der Waals surface area contributed by atoms with E-state index < -0.39 is 0 Å². The molecule has 5 heteroatoms. The van der Waals surface area contributed by atoms with Gasteiger partial charge in [-0.2, -0.15) is 5.10 Å². The highest BCUT2D eigenvalue weighted by Crippen LogP contribution is 2.22. The van der Waals surface area contributed by atoms with Gasteiger partial charge in [0.05, 0.1) is 12.0 Å². The van der Waals surface area contributed by atoms with Gasteiger partial charge < -0.3 is 4.42 Å². The fraction of sp³-hybridized carbons (Fsp3) is 0.300. The first-order valence-corrected chi connectivity index (χ1v) is 9.32. The second-order valence-corrected chi connectivity index (χ2v) is 7.36. The zero-order valence-corrected chi connectivity index (χ0v) is 15.9. The molecule has 0 amide bonds. The van der Waals surface area contributed by atoms with Gasteiger partial charge in [-0.3, -0.25) is 0 Å². The minimum atomic E-state index is 0.565. The van der Waals surface area contributed by atoms with Crippen LogP contribution in [0.1, 0.15) is 31.4 Å². The molecule has 0 aliphatic heterocycles. The maximum atomic E-state index is 5.56. The van der Waals surface area contributed by atoms with E-state index in [9.17, 15) is 0 Å². The van der Waals surface area contributed by atoms with Crippen LogP contribution in [0.25, 0.3) is 11.5 Å². The summed E-state index contributed by atoms with van der Waals surface area (Å²) in [6.07, 6.45) is 4.55. The van der Waals surface area contributed by atoms with Crippen LogP contribution in [0.15, 0.2) is 56.5 Å². The van der Waals surface area contributed by atoms with Crippen molar-refractivity contribution in [2.24, 2.45) is 16.0 Å². The van der Waals surface area contributed by atoms with E-state index in [0.717, 1.165) is 33.9 Å². The lowest BCUT2D eigenvalue weighted by molar-refractivity contribution is 0.575. The van der Waals surface area contributed by atoms with Gasteiger partial charge in [0.15, 0.2) is 5.76 Å². The number of thiazole rings is 1. The SMILES string of the molecule is Cc1ccc(N=c2scc(-c3ccco3)n2N=CCC(C)C)c(C)c1. The molecular formula is C20H23N3OS. The molecule has 0 atom stereocenters. The molecule has 2 heterocycles. The Morgan fingerprint density at radius 2 is 2.08 bits per heavy atom. The summed E-state index contributed by atoms with van der Waals surface area (Å²) in [6.45, 7) is 8.53. The van der Waals surface area contributed by atoms with Gasteiger partial charge in [-0.15, -0.1) is 11.3 Å². The van der Waals surface area contributed by atoms with E-state index in [4.69, 9.17) is 9.41 Å². The maximum Gasteiger partial charge on any atom is 0.211 e. The van der Waals surface area contributed by atoms with Crippen molar-refractivity contribution in [3.05, 3.63) is 57.9 Å². The van der Waals surface area contributed by atoms with Crippen molar-refractivity contribution in [1.82, 2.24) is 4.68 Å². The molecule has 0 spiro atoms.